The molecule has 0 atom stereocenters. The Morgan fingerprint density at radius 1 is 0.839 bits per heavy atom. The lowest BCUT2D eigenvalue weighted by atomic mass is 9.99. The molecule has 0 saturated carbocycles. The number of amides is 2. The summed E-state index contributed by atoms with van der Waals surface area (Å²) in [5.41, 5.74) is 4.90. The Bertz CT molecular complexity index is 1200. The standard InChI is InChI=1S/C26H23ClN2O2/c1-4-28(20-10-6-5-7-11-20)24-23(19-15-14-17(2)18(3)16-19)25(30)29(26(24)31)22-13-9-8-12-21(22)27/h5-16H,4H2,1-3H3. The number of carbonyl (C=O) groups is 2. The Hall–Kier alpha value is -3.37. The molecule has 1 aliphatic rings. The van der Waals surface area contributed by atoms with E-state index in [1.807, 2.05) is 74.2 Å². The number of halogens is 1. The van der Waals surface area contributed by atoms with Crippen molar-refractivity contribution in [3.63, 3.8) is 0 Å². The smallest absolute Gasteiger partial charge is 0.282 e. The minimum atomic E-state index is -0.378. The van der Waals surface area contributed by atoms with E-state index < -0.39 is 0 Å². The van der Waals surface area contributed by atoms with Crippen LogP contribution in [0.3, 0.4) is 0 Å². The van der Waals surface area contributed by atoms with Crippen molar-refractivity contribution in [2.24, 2.45) is 0 Å². The number of para-hydroxylation sites is 2. The third-order valence-corrected chi connectivity index (χ3v) is 5.92. The predicted molar refractivity (Wildman–Crippen MR) is 126 cm³/mol. The van der Waals surface area contributed by atoms with Crippen LogP contribution in [0.2, 0.25) is 5.02 Å². The number of hydrogen-bond acceptors (Lipinski definition) is 3. The summed E-state index contributed by atoms with van der Waals surface area (Å²) in [4.78, 5) is 30.5. The number of hydrogen-bond donors (Lipinski definition) is 0. The Kier molecular flexibility index (Phi) is 5.66. The van der Waals surface area contributed by atoms with Crippen molar-refractivity contribution in [1.29, 1.82) is 0 Å². The van der Waals surface area contributed by atoms with E-state index in [0.717, 1.165) is 22.4 Å². The molecular formula is C26H23ClN2O2. The van der Waals surface area contributed by atoms with E-state index in [0.29, 0.717) is 28.5 Å². The molecule has 156 valence electrons. The first-order chi connectivity index (χ1) is 14.9. The van der Waals surface area contributed by atoms with E-state index in [9.17, 15) is 9.59 Å². The second-order valence-electron chi connectivity index (χ2n) is 7.50. The highest BCUT2D eigenvalue weighted by Crippen LogP contribution is 2.39. The van der Waals surface area contributed by atoms with Gasteiger partial charge in [0.15, 0.2) is 0 Å². The van der Waals surface area contributed by atoms with Crippen molar-refractivity contribution in [2.75, 3.05) is 16.3 Å². The number of nitrogens with zero attached hydrogens (tertiary/aromatic N) is 2. The summed E-state index contributed by atoms with van der Waals surface area (Å²) in [6, 6.07) is 22.4. The monoisotopic (exact) mass is 430 g/mol. The number of carbonyl (C=O) groups excluding carboxylic acids is 2. The van der Waals surface area contributed by atoms with Crippen molar-refractivity contribution in [1.82, 2.24) is 0 Å². The zero-order valence-corrected chi connectivity index (χ0v) is 18.5. The van der Waals surface area contributed by atoms with Crippen molar-refractivity contribution in [2.45, 2.75) is 20.8 Å². The normalized spacial score (nSPS) is 13.9. The Morgan fingerprint density at radius 3 is 2.16 bits per heavy atom. The molecule has 4 rings (SSSR count). The average molecular weight is 431 g/mol. The van der Waals surface area contributed by atoms with E-state index in [1.165, 1.54) is 4.90 Å². The first-order valence-corrected chi connectivity index (χ1v) is 10.6. The van der Waals surface area contributed by atoms with Gasteiger partial charge in [0.25, 0.3) is 11.8 Å². The molecule has 0 N–H and O–H groups in total. The van der Waals surface area contributed by atoms with Crippen molar-refractivity contribution < 1.29 is 9.59 Å². The maximum Gasteiger partial charge on any atom is 0.282 e. The molecule has 5 heteroatoms. The third kappa shape index (κ3) is 3.64. The van der Waals surface area contributed by atoms with Crippen LogP contribution in [0.5, 0.6) is 0 Å². The number of likely N-dealkylation sites (N-methyl/N-ethyl adjacent to an activating group) is 1. The minimum absolute atomic E-state index is 0.354. The van der Waals surface area contributed by atoms with Gasteiger partial charge in [0, 0.05) is 12.2 Å². The molecule has 0 aliphatic carbocycles. The van der Waals surface area contributed by atoms with Crippen LogP contribution in [-0.2, 0) is 9.59 Å². The zero-order valence-electron chi connectivity index (χ0n) is 17.7. The summed E-state index contributed by atoms with van der Waals surface area (Å²) in [5.74, 6) is -0.747. The predicted octanol–water partition coefficient (Wildman–Crippen LogP) is 5.77. The Labute approximate surface area is 187 Å². The van der Waals surface area contributed by atoms with Gasteiger partial charge in [-0.2, -0.15) is 0 Å². The molecule has 3 aromatic rings. The maximum atomic E-state index is 13.7. The summed E-state index contributed by atoms with van der Waals surface area (Å²) in [5, 5.41) is 0.354. The molecule has 0 fully saturated rings. The highest BCUT2D eigenvalue weighted by molar-refractivity contribution is 6.48. The number of benzene rings is 3. The van der Waals surface area contributed by atoms with Crippen LogP contribution in [0, 0.1) is 13.8 Å². The molecular weight excluding hydrogens is 408 g/mol. The van der Waals surface area contributed by atoms with Gasteiger partial charge in [-0.05, 0) is 61.7 Å². The molecule has 0 radical (unpaired) electrons. The fourth-order valence-electron chi connectivity index (χ4n) is 3.86. The third-order valence-electron chi connectivity index (χ3n) is 5.60. The molecule has 0 saturated heterocycles. The zero-order chi connectivity index (χ0) is 22.1. The summed E-state index contributed by atoms with van der Waals surface area (Å²) in [6.07, 6.45) is 0. The van der Waals surface area contributed by atoms with Gasteiger partial charge >= 0.3 is 0 Å². The molecule has 0 aromatic heterocycles. The van der Waals surface area contributed by atoms with E-state index in [2.05, 4.69) is 0 Å². The van der Waals surface area contributed by atoms with Gasteiger partial charge in [0.05, 0.1) is 16.3 Å². The summed E-state index contributed by atoms with van der Waals surface area (Å²) in [6.45, 7) is 6.52. The largest absolute Gasteiger partial charge is 0.337 e. The van der Waals surface area contributed by atoms with Crippen molar-refractivity contribution in [3.8, 4) is 0 Å². The van der Waals surface area contributed by atoms with Crippen molar-refractivity contribution >= 4 is 40.4 Å². The van der Waals surface area contributed by atoms with E-state index >= 15 is 0 Å². The molecule has 4 nitrogen and oxygen atoms in total. The van der Waals surface area contributed by atoms with Crippen molar-refractivity contribution in [3.05, 3.63) is 100 Å². The van der Waals surface area contributed by atoms with Gasteiger partial charge in [0.1, 0.15) is 5.70 Å². The van der Waals surface area contributed by atoms with E-state index in [1.54, 1.807) is 24.3 Å². The molecule has 3 aromatic carbocycles. The first-order valence-electron chi connectivity index (χ1n) is 10.2. The van der Waals surface area contributed by atoms with Crippen LogP contribution < -0.4 is 9.80 Å². The van der Waals surface area contributed by atoms with Gasteiger partial charge in [-0.3, -0.25) is 9.59 Å². The van der Waals surface area contributed by atoms with Crippen LogP contribution in [0.4, 0.5) is 11.4 Å². The number of anilines is 2. The quantitative estimate of drug-likeness (QED) is 0.482. The number of aryl methyl sites for hydroxylation is 2. The fraction of sp³-hybridized carbons (Fsp3) is 0.154. The molecule has 1 heterocycles. The topological polar surface area (TPSA) is 40.6 Å². The summed E-state index contributed by atoms with van der Waals surface area (Å²) in [7, 11) is 0. The highest BCUT2D eigenvalue weighted by atomic mass is 35.5. The molecule has 31 heavy (non-hydrogen) atoms. The second kappa shape index (κ2) is 8.40. The van der Waals surface area contributed by atoms with Crippen LogP contribution in [-0.4, -0.2) is 18.4 Å². The Morgan fingerprint density at radius 2 is 1.52 bits per heavy atom. The van der Waals surface area contributed by atoms with Crippen LogP contribution in [0.15, 0.2) is 78.5 Å². The molecule has 1 aliphatic heterocycles. The minimum Gasteiger partial charge on any atom is -0.337 e. The number of imide groups is 1. The molecule has 0 bridgehead atoms. The van der Waals surface area contributed by atoms with Crippen LogP contribution in [0.1, 0.15) is 23.6 Å². The molecule has 0 unspecified atom stereocenters. The van der Waals surface area contributed by atoms with Gasteiger partial charge in [-0.1, -0.05) is 60.1 Å². The molecule has 2 amide bonds. The van der Waals surface area contributed by atoms with Gasteiger partial charge < -0.3 is 4.90 Å². The van der Waals surface area contributed by atoms with Gasteiger partial charge in [-0.25, -0.2) is 4.90 Å². The van der Waals surface area contributed by atoms with Gasteiger partial charge in [0.2, 0.25) is 0 Å². The number of rotatable bonds is 5. The van der Waals surface area contributed by atoms with Gasteiger partial charge in [-0.15, -0.1) is 0 Å². The first kappa shape index (κ1) is 20.9. The lowest BCUT2D eigenvalue weighted by Crippen LogP contribution is -2.35. The average Bonchev–Trinajstić information content (AvgIpc) is 3.02. The van der Waals surface area contributed by atoms with E-state index in [-0.39, 0.29) is 11.8 Å². The van der Waals surface area contributed by atoms with Crippen LogP contribution >= 0.6 is 11.6 Å². The highest BCUT2D eigenvalue weighted by Gasteiger charge is 2.43. The maximum absolute atomic E-state index is 13.7. The van der Waals surface area contributed by atoms with E-state index in [4.69, 9.17) is 11.6 Å². The fourth-order valence-corrected chi connectivity index (χ4v) is 4.08. The second-order valence-corrected chi connectivity index (χ2v) is 7.91. The summed E-state index contributed by atoms with van der Waals surface area (Å²) >= 11 is 6.37. The lowest BCUT2D eigenvalue weighted by Gasteiger charge is -2.25. The Balaban J connectivity index is 1.95. The SMILES string of the molecule is CCN(C1=C(c2ccc(C)c(C)c2)C(=O)N(c2ccccc2Cl)C1=O)c1ccccc1. The lowest BCUT2D eigenvalue weighted by molar-refractivity contribution is -0.120. The summed E-state index contributed by atoms with van der Waals surface area (Å²) < 4.78 is 0. The van der Waals surface area contributed by atoms with Crippen LogP contribution in [0.25, 0.3) is 5.57 Å². The molecule has 0 spiro atoms.